The van der Waals surface area contributed by atoms with E-state index in [9.17, 15) is 0 Å². The molecule has 0 heterocycles. The maximum Gasteiger partial charge on any atom is 0.0138 e. The van der Waals surface area contributed by atoms with Gasteiger partial charge in [0.2, 0.25) is 0 Å². The van der Waals surface area contributed by atoms with Crippen molar-refractivity contribution in [2.24, 2.45) is 17.8 Å². The molecule has 0 aliphatic heterocycles. The highest BCUT2D eigenvalue weighted by molar-refractivity contribution is 5.13. The number of fused-ring (bicyclic) bond motifs is 1. The minimum absolute atomic E-state index is 0.818. The Morgan fingerprint density at radius 1 is 1.13 bits per heavy atom. The molecule has 1 nitrogen and oxygen atoms in total. The molecule has 0 spiro atoms. The van der Waals surface area contributed by atoms with Crippen LogP contribution in [0.1, 0.15) is 45.4 Å². The molecule has 0 bridgehead atoms. The van der Waals surface area contributed by atoms with Crippen LogP contribution in [-0.4, -0.2) is 12.1 Å². The molecular weight excluding hydrogens is 182 g/mol. The Bertz CT molecular complexity index is 258. The maximum atomic E-state index is 3.93. The van der Waals surface area contributed by atoms with Gasteiger partial charge in [-0.1, -0.05) is 31.9 Å². The molecule has 2 fully saturated rings. The van der Waals surface area contributed by atoms with Gasteiger partial charge < -0.3 is 5.32 Å². The number of rotatable bonds is 2. The van der Waals surface area contributed by atoms with Crippen LogP contribution in [0.2, 0.25) is 0 Å². The summed E-state index contributed by atoms with van der Waals surface area (Å²) in [6, 6.07) is 1.64. The fourth-order valence-corrected chi connectivity index (χ4v) is 3.75. The monoisotopic (exact) mass is 205 g/mol. The first-order valence-electron chi connectivity index (χ1n) is 6.77. The largest absolute Gasteiger partial charge is 0.310 e. The summed E-state index contributed by atoms with van der Waals surface area (Å²) < 4.78 is 0. The van der Waals surface area contributed by atoms with E-state index in [1.54, 1.807) is 0 Å². The van der Waals surface area contributed by atoms with E-state index in [1.807, 2.05) is 0 Å². The Morgan fingerprint density at radius 3 is 2.80 bits per heavy atom. The Balaban J connectivity index is 1.54. The molecule has 5 atom stereocenters. The van der Waals surface area contributed by atoms with E-state index in [1.165, 1.54) is 38.5 Å². The molecule has 2 saturated carbocycles. The van der Waals surface area contributed by atoms with Gasteiger partial charge in [-0.05, 0) is 43.4 Å². The topological polar surface area (TPSA) is 12.0 Å². The minimum Gasteiger partial charge on any atom is -0.310 e. The highest BCUT2D eigenvalue weighted by Gasteiger charge is 2.42. The van der Waals surface area contributed by atoms with E-state index in [2.05, 4.69) is 24.4 Å². The van der Waals surface area contributed by atoms with Crippen molar-refractivity contribution in [1.29, 1.82) is 0 Å². The van der Waals surface area contributed by atoms with Crippen LogP contribution in [0.15, 0.2) is 12.2 Å². The average Bonchev–Trinajstić information content (AvgIpc) is 2.59. The van der Waals surface area contributed by atoms with Crippen LogP contribution >= 0.6 is 0 Å². The fourth-order valence-electron chi connectivity index (χ4n) is 3.75. The van der Waals surface area contributed by atoms with E-state index in [-0.39, 0.29) is 0 Å². The molecule has 3 rings (SSSR count). The van der Waals surface area contributed by atoms with Crippen LogP contribution < -0.4 is 5.32 Å². The number of nitrogens with one attached hydrogen (secondary N) is 1. The van der Waals surface area contributed by atoms with Gasteiger partial charge in [0.15, 0.2) is 0 Å². The van der Waals surface area contributed by atoms with Crippen LogP contribution in [0.3, 0.4) is 0 Å². The summed E-state index contributed by atoms with van der Waals surface area (Å²) in [5.74, 6) is 2.80. The van der Waals surface area contributed by atoms with E-state index in [0.29, 0.717) is 0 Å². The molecule has 1 heteroatoms. The lowest BCUT2D eigenvalue weighted by molar-refractivity contribution is 0.125. The van der Waals surface area contributed by atoms with Crippen molar-refractivity contribution in [2.75, 3.05) is 0 Å². The summed E-state index contributed by atoms with van der Waals surface area (Å²) in [4.78, 5) is 0. The van der Waals surface area contributed by atoms with Gasteiger partial charge >= 0.3 is 0 Å². The molecule has 5 unspecified atom stereocenters. The Morgan fingerprint density at radius 2 is 2.00 bits per heavy atom. The smallest absolute Gasteiger partial charge is 0.0138 e. The molecule has 0 amide bonds. The van der Waals surface area contributed by atoms with Crippen molar-refractivity contribution < 1.29 is 0 Å². The maximum absolute atomic E-state index is 3.93. The summed E-state index contributed by atoms with van der Waals surface area (Å²) in [5, 5.41) is 3.93. The highest BCUT2D eigenvalue weighted by Crippen LogP contribution is 2.43. The van der Waals surface area contributed by atoms with Gasteiger partial charge in [-0.25, -0.2) is 0 Å². The predicted octanol–water partition coefficient (Wildman–Crippen LogP) is 3.12. The second-order valence-corrected chi connectivity index (χ2v) is 5.88. The molecule has 15 heavy (non-hydrogen) atoms. The standard InChI is InChI=1S/C14H23N/c1-10-5-2-3-8-13(10)15-14-9-11-6-4-7-12(11)14/h4,7,10-15H,2-3,5-6,8-9H2,1H3. The first-order chi connectivity index (χ1) is 7.34. The van der Waals surface area contributed by atoms with Gasteiger partial charge in [-0.15, -0.1) is 0 Å². The summed E-state index contributed by atoms with van der Waals surface area (Å²) in [6.45, 7) is 2.43. The van der Waals surface area contributed by atoms with Gasteiger partial charge in [-0.3, -0.25) is 0 Å². The summed E-state index contributed by atoms with van der Waals surface area (Å²) in [7, 11) is 0. The van der Waals surface area contributed by atoms with Crippen LogP contribution in [-0.2, 0) is 0 Å². The van der Waals surface area contributed by atoms with Crippen molar-refractivity contribution in [3.8, 4) is 0 Å². The van der Waals surface area contributed by atoms with Crippen LogP contribution in [0.25, 0.3) is 0 Å². The Hall–Kier alpha value is -0.300. The molecule has 0 aromatic carbocycles. The fraction of sp³-hybridized carbons (Fsp3) is 0.857. The number of hydrogen-bond acceptors (Lipinski definition) is 1. The van der Waals surface area contributed by atoms with E-state index >= 15 is 0 Å². The second kappa shape index (κ2) is 3.93. The number of allylic oxidation sites excluding steroid dienone is 1. The lowest BCUT2D eigenvalue weighted by atomic mass is 9.70. The molecule has 0 aromatic rings. The molecule has 1 N–H and O–H groups in total. The third-order valence-corrected chi connectivity index (χ3v) is 4.90. The molecule has 3 aliphatic rings. The van der Waals surface area contributed by atoms with Crippen LogP contribution in [0.5, 0.6) is 0 Å². The quantitative estimate of drug-likeness (QED) is 0.683. The van der Waals surface area contributed by atoms with Crippen molar-refractivity contribution >= 4 is 0 Å². The highest BCUT2D eigenvalue weighted by atomic mass is 15.0. The van der Waals surface area contributed by atoms with E-state index in [0.717, 1.165) is 29.8 Å². The lowest BCUT2D eigenvalue weighted by Gasteiger charge is -2.44. The third-order valence-electron chi connectivity index (χ3n) is 4.90. The molecule has 84 valence electrons. The summed E-state index contributed by atoms with van der Waals surface area (Å²) >= 11 is 0. The van der Waals surface area contributed by atoms with Crippen LogP contribution in [0.4, 0.5) is 0 Å². The van der Waals surface area contributed by atoms with Crippen LogP contribution in [0, 0.1) is 17.8 Å². The Labute approximate surface area is 93.3 Å². The molecule has 0 radical (unpaired) electrons. The second-order valence-electron chi connectivity index (χ2n) is 5.88. The Kier molecular flexibility index (Phi) is 2.59. The molecule has 0 aromatic heterocycles. The first kappa shape index (κ1) is 9.89. The number of hydrogen-bond donors (Lipinski definition) is 1. The van der Waals surface area contributed by atoms with E-state index in [4.69, 9.17) is 0 Å². The van der Waals surface area contributed by atoms with Gasteiger partial charge in [0.25, 0.3) is 0 Å². The van der Waals surface area contributed by atoms with E-state index < -0.39 is 0 Å². The molecular formula is C14H23N. The first-order valence-corrected chi connectivity index (χ1v) is 6.77. The lowest BCUT2D eigenvalue weighted by Crippen LogP contribution is -2.53. The van der Waals surface area contributed by atoms with Gasteiger partial charge in [0.1, 0.15) is 0 Å². The molecule has 0 saturated heterocycles. The van der Waals surface area contributed by atoms with Crippen molar-refractivity contribution in [1.82, 2.24) is 5.32 Å². The van der Waals surface area contributed by atoms with Gasteiger partial charge in [0.05, 0.1) is 0 Å². The zero-order valence-corrected chi connectivity index (χ0v) is 9.78. The predicted molar refractivity (Wildman–Crippen MR) is 63.7 cm³/mol. The normalized spacial score (nSPS) is 48.7. The average molecular weight is 205 g/mol. The van der Waals surface area contributed by atoms with Gasteiger partial charge in [-0.2, -0.15) is 0 Å². The SMILES string of the molecule is CC1CCCCC1NC1CC2CC=CC21. The van der Waals surface area contributed by atoms with Crippen molar-refractivity contribution in [3.05, 3.63) is 12.2 Å². The molecule has 3 aliphatic carbocycles. The summed E-state index contributed by atoms with van der Waals surface area (Å²) in [5.41, 5.74) is 0. The third kappa shape index (κ3) is 1.75. The zero-order valence-electron chi connectivity index (χ0n) is 9.78. The van der Waals surface area contributed by atoms with Gasteiger partial charge in [0, 0.05) is 12.1 Å². The van der Waals surface area contributed by atoms with Crippen molar-refractivity contribution in [2.45, 2.75) is 57.5 Å². The zero-order chi connectivity index (χ0) is 10.3. The minimum atomic E-state index is 0.818. The summed E-state index contributed by atoms with van der Waals surface area (Å²) in [6.07, 6.45) is 13.4. The van der Waals surface area contributed by atoms with Crippen molar-refractivity contribution in [3.63, 3.8) is 0 Å².